The van der Waals surface area contributed by atoms with Gasteiger partial charge in [-0.3, -0.25) is 0 Å². The molecule has 0 aromatic heterocycles. The van der Waals surface area contributed by atoms with Crippen LogP contribution in [0, 0.1) is 6.92 Å². The maximum Gasteiger partial charge on any atom is 0.329 e. The molecule has 19 heavy (non-hydrogen) atoms. The summed E-state index contributed by atoms with van der Waals surface area (Å²) in [4.78, 5) is 24.3. The molecule has 5 nitrogen and oxygen atoms in total. The number of carboxylic acids is 1. The monoisotopic (exact) mass is 284 g/mol. The van der Waals surface area contributed by atoms with Crippen LogP contribution >= 0.6 is 11.6 Å². The molecule has 0 heterocycles. The van der Waals surface area contributed by atoms with E-state index in [-0.39, 0.29) is 0 Å². The molecule has 2 N–H and O–H groups in total. The van der Waals surface area contributed by atoms with E-state index in [0.29, 0.717) is 10.7 Å². The first-order valence-corrected chi connectivity index (χ1v) is 6.09. The molecule has 1 aromatic carbocycles. The molecular formula is C13H17ClN2O3. The maximum atomic E-state index is 12.0. The van der Waals surface area contributed by atoms with Crippen LogP contribution in [-0.4, -0.2) is 34.6 Å². The average molecular weight is 285 g/mol. The van der Waals surface area contributed by atoms with Gasteiger partial charge in [0, 0.05) is 17.8 Å². The molecule has 0 aliphatic heterocycles. The molecule has 1 rings (SSSR count). The van der Waals surface area contributed by atoms with Crippen molar-refractivity contribution in [3.63, 3.8) is 0 Å². The summed E-state index contributed by atoms with van der Waals surface area (Å²) >= 11 is 5.96. The molecular weight excluding hydrogens is 268 g/mol. The van der Waals surface area contributed by atoms with Gasteiger partial charge in [0.15, 0.2) is 0 Å². The Balaban J connectivity index is 2.92. The number of carboxylic acid groups (broad SMARTS) is 1. The first-order chi connectivity index (χ1) is 8.67. The van der Waals surface area contributed by atoms with Crippen LogP contribution in [0.4, 0.5) is 10.5 Å². The summed E-state index contributed by atoms with van der Waals surface area (Å²) in [7, 11) is 1.43. The van der Waals surface area contributed by atoms with E-state index < -0.39 is 17.5 Å². The molecule has 0 fully saturated rings. The third kappa shape index (κ3) is 3.17. The Morgan fingerprint density at radius 3 is 2.47 bits per heavy atom. The van der Waals surface area contributed by atoms with Gasteiger partial charge in [0.2, 0.25) is 0 Å². The van der Waals surface area contributed by atoms with Crippen molar-refractivity contribution in [2.24, 2.45) is 0 Å². The topological polar surface area (TPSA) is 69.6 Å². The van der Waals surface area contributed by atoms with Crippen molar-refractivity contribution >= 4 is 29.3 Å². The van der Waals surface area contributed by atoms with E-state index in [1.54, 1.807) is 25.1 Å². The zero-order valence-corrected chi connectivity index (χ0v) is 12.1. The van der Waals surface area contributed by atoms with Crippen molar-refractivity contribution in [3.8, 4) is 0 Å². The summed E-state index contributed by atoms with van der Waals surface area (Å²) < 4.78 is 0. The lowest BCUT2D eigenvalue weighted by atomic mass is 10.0. The molecule has 0 saturated carbocycles. The second-order valence-corrected chi connectivity index (χ2v) is 5.17. The second kappa shape index (κ2) is 5.48. The van der Waals surface area contributed by atoms with Crippen LogP contribution in [-0.2, 0) is 4.79 Å². The van der Waals surface area contributed by atoms with Gasteiger partial charge in [0.25, 0.3) is 0 Å². The Hall–Kier alpha value is -1.75. The van der Waals surface area contributed by atoms with Crippen LogP contribution in [0.25, 0.3) is 0 Å². The van der Waals surface area contributed by atoms with Gasteiger partial charge in [-0.25, -0.2) is 9.59 Å². The number of halogens is 1. The number of hydrogen-bond donors (Lipinski definition) is 2. The normalized spacial score (nSPS) is 11.0. The number of nitrogens with one attached hydrogen (secondary N) is 1. The predicted octanol–water partition coefficient (Wildman–Crippen LogP) is 2.98. The number of urea groups is 1. The zero-order valence-electron chi connectivity index (χ0n) is 11.3. The Morgan fingerprint density at radius 2 is 1.95 bits per heavy atom. The molecule has 2 amide bonds. The minimum absolute atomic E-state index is 0.502. The van der Waals surface area contributed by atoms with Gasteiger partial charge in [-0.2, -0.15) is 0 Å². The SMILES string of the molecule is Cc1c(Cl)cccc1NC(=O)N(C)C(C)(C)C(=O)O. The highest BCUT2D eigenvalue weighted by atomic mass is 35.5. The zero-order chi connectivity index (χ0) is 14.8. The molecule has 104 valence electrons. The summed E-state index contributed by atoms with van der Waals surface area (Å²) in [5.41, 5.74) is 0.000837. The van der Waals surface area contributed by atoms with Crippen LogP contribution < -0.4 is 5.32 Å². The number of aliphatic carboxylic acids is 1. The second-order valence-electron chi connectivity index (χ2n) is 4.77. The van der Waals surface area contributed by atoms with Crippen molar-refractivity contribution in [2.45, 2.75) is 26.3 Å². The molecule has 0 radical (unpaired) electrons. The number of hydrogen-bond acceptors (Lipinski definition) is 2. The van der Waals surface area contributed by atoms with Crippen LogP contribution in [0.15, 0.2) is 18.2 Å². The lowest BCUT2D eigenvalue weighted by Crippen LogP contribution is -2.52. The van der Waals surface area contributed by atoms with Crippen molar-refractivity contribution in [2.75, 3.05) is 12.4 Å². The number of benzene rings is 1. The first kappa shape index (κ1) is 15.3. The number of rotatable bonds is 3. The van der Waals surface area contributed by atoms with E-state index in [0.717, 1.165) is 10.5 Å². The number of carbonyl (C=O) groups is 2. The van der Waals surface area contributed by atoms with Gasteiger partial charge in [-0.15, -0.1) is 0 Å². The lowest BCUT2D eigenvalue weighted by Gasteiger charge is -2.31. The van der Waals surface area contributed by atoms with Crippen LogP contribution in [0.3, 0.4) is 0 Å². The number of likely N-dealkylation sites (N-methyl/N-ethyl adjacent to an activating group) is 1. The summed E-state index contributed by atoms with van der Waals surface area (Å²) in [6.07, 6.45) is 0. The van der Waals surface area contributed by atoms with Crippen molar-refractivity contribution in [1.82, 2.24) is 4.90 Å². The molecule has 0 atom stereocenters. The van der Waals surface area contributed by atoms with E-state index in [1.165, 1.54) is 20.9 Å². The van der Waals surface area contributed by atoms with E-state index in [1.807, 2.05) is 0 Å². The standard InChI is InChI=1S/C13H17ClN2O3/c1-8-9(14)6-5-7-10(8)15-12(19)16(4)13(2,3)11(17)18/h5-7H,1-4H3,(H,15,19)(H,17,18). The Labute approximate surface area is 117 Å². The molecule has 1 aromatic rings. The molecule has 0 unspecified atom stereocenters. The van der Waals surface area contributed by atoms with Crippen molar-refractivity contribution in [3.05, 3.63) is 28.8 Å². The predicted molar refractivity (Wildman–Crippen MR) is 74.7 cm³/mol. The van der Waals surface area contributed by atoms with E-state index >= 15 is 0 Å². The molecule has 0 saturated heterocycles. The highest BCUT2D eigenvalue weighted by Gasteiger charge is 2.35. The summed E-state index contributed by atoms with van der Waals surface area (Å²) in [6, 6.07) is 4.64. The number of amides is 2. The number of nitrogens with zero attached hydrogens (tertiary/aromatic N) is 1. The quantitative estimate of drug-likeness (QED) is 0.896. The summed E-state index contributed by atoms with van der Waals surface area (Å²) in [5, 5.41) is 12.3. The van der Waals surface area contributed by atoms with Gasteiger partial charge >= 0.3 is 12.0 Å². The molecule has 0 spiro atoms. The number of carbonyl (C=O) groups excluding carboxylic acids is 1. The summed E-state index contributed by atoms with van der Waals surface area (Å²) in [6.45, 7) is 4.69. The third-order valence-electron chi connectivity index (χ3n) is 3.18. The van der Waals surface area contributed by atoms with Crippen molar-refractivity contribution < 1.29 is 14.7 Å². The summed E-state index contributed by atoms with van der Waals surface area (Å²) in [5.74, 6) is -1.08. The average Bonchev–Trinajstić information content (AvgIpc) is 2.33. The van der Waals surface area contributed by atoms with Crippen LogP contribution in [0.5, 0.6) is 0 Å². The smallest absolute Gasteiger partial charge is 0.329 e. The largest absolute Gasteiger partial charge is 0.480 e. The van der Waals surface area contributed by atoms with Gasteiger partial charge in [-0.1, -0.05) is 17.7 Å². The molecule has 6 heteroatoms. The fraction of sp³-hybridized carbons (Fsp3) is 0.385. The Bertz CT molecular complexity index is 515. The maximum absolute atomic E-state index is 12.0. The Kier molecular flexibility index (Phi) is 4.42. The van der Waals surface area contributed by atoms with E-state index in [2.05, 4.69) is 5.32 Å². The molecule has 0 aliphatic carbocycles. The highest BCUT2D eigenvalue weighted by Crippen LogP contribution is 2.24. The van der Waals surface area contributed by atoms with E-state index in [9.17, 15) is 9.59 Å². The highest BCUT2D eigenvalue weighted by molar-refractivity contribution is 6.31. The Morgan fingerprint density at radius 1 is 1.37 bits per heavy atom. The lowest BCUT2D eigenvalue weighted by molar-refractivity contribution is -0.146. The van der Waals surface area contributed by atoms with Gasteiger partial charge in [0.1, 0.15) is 5.54 Å². The number of anilines is 1. The van der Waals surface area contributed by atoms with Gasteiger partial charge in [-0.05, 0) is 38.5 Å². The van der Waals surface area contributed by atoms with Gasteiger partial charge < -0.3 is 15.3 Å². The fourth-order valence-corrected chi connectivity index (χ4v) is 1.51. The molecule has 0 aliphatic rings. The van der Waals surface area contributed by atoms with Gasteiger partial charge in [0.05, 0.1) is 0 Å². The van der Waals surface area contributed by atoms with Crippen LogP contribution in [0.2, 0.25) is 5.02 Å². The van der Waals surface area contributed by atoms with E-state index in [4.69, 9.17) is 16.7 Å². The first-order valence-electron chi connectivity index (χ1n) is 5.71. The van der Waals surface area contributed by atoms with Crippen LogP contribution in [0.1, 0.15) is 19.4 Å². The molecule has 0 bridgehead atoms. The third-order valence-corrected chi connectivity index (χ3v) is 3.59. The minimum atomic E-state index is -1.30. The van der Waals surface area contributed by atoms with Crippen molar-refractivity contribution in [1.29, 1.82) is 0 Å². The fourth-order valence-electron chi connectivity index (χ4n) is 1.34. The minimum Gasteiger partial charge on any atom is -0.480 e.